The first-order chi connectivity index (χ1) is 8.63. The Balaban J connectivity index is 2.16. The van der Waals surface area contributed by atoms with Gasteiger partial charge >= 0.3 is 0 Å². The summed E-state index contributed by atoms with van der Waals surface area (Å²) < 4.78 is 0. The molecule has 1 heterocycles. The fourth-order valence-corrected chi connectivity index (χ4v) is 2.08. The molecule has 0 aliphatic heterocycles. The number of fused-ring (bicyclic) bond motifs is 1. The largest absolute Gasteiger partial charge is 0.508 e. The molecule has 0 bridgehead atoms. The van der Waals surface area contributed by atoms with Gasteiger partial charge in [-0.05, 0) is 36.4 Å². The lowest BCUT2D eigenvalue weighted by Gasteiger charge is -1.95. The number of hydrogen-bond donors (Lipinski definition) is 2. The first-order valence-electron chi connectivity index (χ1n) is 5.27. The van der Waals surface area contributed by atoms with Crippen molar-refractivity contribution in [1.82, 2.24) is 9.97 Å². The summed E-state index contributed by atoms with van der Waals surface area (Å²) in [5, 5.41) is 10.2. The van der Waals surface area contributed by atoms with E-state index in [-0.39, 0.29) is 5.75 Å². The average Bonchev–Trinajstić information content (AvgIpc) is 2.73. The van der Waals surface area contributed by atoms with E-state index in [1.165, 1.54) is 0 Å². The molecule has 0 amide bonds. The molecule has 90 valence electrons. The van der Waals surface area contributed by atoms with Crippen LogP contribution in [0.5, 0.6) is 5.75 Å². The summed E-state index contributed by atoms with van der Waals surface area (Å²) in [5.74, 6) is 0.935. The van der Waals surface area contributed by atoms with Gasteiger partial charge in [0.1, 0.15) is 11.6 Å². The van der Waals surface area contributed by atoms with E-state index in [9.17, 15) is 5.11 Å². The highest BCUT2D eigenvalue weighted by Crippen LogP contribution is 2.29. The number of phenols is 1. The van der Waals surface area contributed by atoms with Crippen LogP contribution in [0.25, 0.3) is 22.4 Å². The zero-order valence-electron chi connectivity index (χ0n) is 9.11. The van der Waals surface area contributed by atoms with E-state index in [0.717, 1.165) is 16.6 Å². The predicted molar refractivity (Wildman–Crippen MR) is 73.2 cm³/mol. The molecule has 3 rings (SSSR count). The van der Waals surface area contributed by atoms with Crippen LogP contribution in [0.2, 0.25) is 10.0 Å². The molecule has 0 aliphatic carbocycles. The first-order valence-corrected chi connectivity index (χ1v) is 6.03. The van der Waals surface area contributed by atoms with Crippen molar-refractivity contribution >= 4 is 34.2 Å². The van der Waals surface area contributed by atoms with E-state index in [1.807, 2.05) is 0 Å². The predicted octanol–water partition coefficient (Wildman–Crippen LogP) is 4.24. The van der Waals surface area contributed by atoms with Gasteiger partial charge in [-0.3, -0.25) is 0 Å². The van der Waals surface area contributed by atoms with E-state index in [2.05, 4.69) is 9.97 Å². The minimum absolute atomic E-state index is 0.223. The minimum Gasteiger partial charge on any atom is -0.508 e. The molecule has 5 heteroatoms. The van der Waals surface area contributed by atoms with Crippen LogP contribution in [0.4, 0.5) is 0 Å². The summed E-state index contributed by atoms with van der Waals surface area (Å²) >= 11 is 11.9. The lowest BCUT2D eigenvalue weighted by Crippen LogP contribution is -1.78. The first kappa shape index (κ1) is 11.4. The summed E-state index contributed by atoms with van der Waals surface area (Å²) in [5.41, 5.74) is 2.47. The van der Waals surface area contributed by atoms with Gasteiger partial charge in [0.25, 0.3) is 0 Å². The molecule has 0 saturated heterocycles. The maximum Gasteiger partial charge on any atom is 0.138 e. The summed E-state index contributed by atoms with van der Waals surface area (Å²) in [4.78, 5) is 7.60. The second kappa shape index (κ2) is 4.19. The molecule has 2 aromatic carbocycles. The average molecular weight is 279 g/mol. The topological polar surface area (TPSA) is 48.9 Å². The van der Waals surface area contributed by atoms with E-state index in [4.69, 9.17) is 23.2 Å². The second-order valence-electron chi connectivity index (χ2n) is 3.92. The van der Waals surface area contributed by atoms with E-state index >= 15 is 0 Å². The number of H-pyrrole nitrogens is 1. The number of aromatic amines is 1. The number of nitrogens with zero attached hydrogens (tertiary/aromatic N) is 1. The Hall–Kier alpha value is -1.71. The lowest BCUT2D eigenvalue weighted by molar-refractivity contribution is 0.475. The molecule has 1 aromatic heterocycles. The van der Waals surface area contributed by atoms with Gasteiger partial charge in [0, 0.05) is 5.56 Å². The zero-order chi connectivity index (χ0) is 12.7. The van der Waals surface area contributed by atoms with Crippen LogP contribution in [-0.2, 0) is 0 Å². The Bertz CT molecular complexity index is 681. The molecule has 0 atom stereocenters. The maximum atomic E-state index is 9.25. The van der Waals surface area contributed by atoms with Crippen LogP contribution in [0.3, 0.4) is 0 Å². The molecule has 3 nitrogen and oxygen atoms in total. The highest BCUT2D eigenvalue weighted by molar-refractivity contribution is 6.42. The molecule has 0 fully saturated rings. The Morgan fingerprint density at radius 2 is 1.67 bits per heavy atom. The van der Waals surface area contributed by atoms with Crippen molar-refractivity contribution < 1.29 is 5.11 Å². The van der Waals surface area contributed by atoms with Crippen LogP contribution < -0.4 is 0 Å². The van der Waals surface area contributed by atoms with Gasteiger partial charge in [-0.25, -0.2) is 4.98 Å². The van der Waals surface area contributed by atoms with Gasteiger partial charge in [0.15, 0.2) is 0 Å². The highest BCUT2D eigenvalue weighted by atomic mass is 35.5. The molecular formula is C13H8Cl2N2O. The minimum atomic E-state index is 0.223. The maximum absolute atomic E-state index is 9.25. The van der Waals surface area contributed by atoms with Crippen molar-refractivity contribution in [3.63, 3.8) is 0 Å². The van der Waals surface area contributed by atoms with Crippen molar-refractivity contribution in [2.75, 3.05) is 0 Å². The van der Waals surface area contributed by atoms with Gasteiger partial charge < -0.3 is 10.1 Å². The van der Waals surface area contributed by atoms with Crippen LogP contribution in [0.1, 0.15) is 0 Å². The summed E-state index contributed by atoms with van der Waals surface area (Å²) in [6, 6.07) is 10.3. The lowest BCUT2D eigenvalue weighted by atomic mass is 10.2. The van der Waals surface area contributed by atoms with E-state index in [0.29, 0.717) is 15.9 Å². The Kier molecular flexibility index (Phi) is 2.65. The van der Waals surface area contributed by atoms with Crippen molar-refractivity contribution in [3.8, 4) is 17.1 Å². The quantitative estimate of drug-likeness (QED) is 0.699. The number of hydrogen-bond acceptors (Lipinski definition) is 2. The van der Waals surface area contributed by atoms with Gasteiger partial charge in [0.05, 0.1) is 21.1 Å². The number of halogens is 2. The summed E-state index contributed by atoms with van der Waals surface area (Å²) in [6.45, 7) is 0. The van der Waals surface area contributed by atoms with Crippen LogP contribution in [-0.4, -0.2) is 15.1 Å². The van der Waals surface area contributed by atoms with Crippen molar-refractivity contribution in [2.45, 2.75) is 0 Å². The molecule has 18 heavy (non-hydrogen) atoms. The molecule has 0 radical (unpaired) electrons. The Morgan fingerprint density at radius 3 is 2.39 bits per heavy atom. The number of rotatable bonds is 1. The van der Waals surface area contributed by atoms with Crippen LogP contribution in [0.15, 0.2) is 36.4 Å². The number of phenolic OH excluding ortho intramolecular Hbond substituents is 1. The van der Waals surface area contributed by atoms with Crippen LogP contribution >= 0.6 is 23.2 Å². The fourth-order valence-electron chi connectivity index (χ4n) is 1.76. The second-order valence-corrected chi connectivity index (χ2v) is 4.73. The third kappa shape index (κ3) is 1.92. The normalized spacial score (nSPS) is 11.0. The van der Waals surface area contributed by atoms with Crippen LogP contribution in [0, 0.1) is 0 Å². The fraction of sp³-hybridized carbons (Fsp3) is 0. The molecule has 0 saturated carbocycles. The molecule has 3 aromatic rings. The molecule has 0 aliphatic rings. The third-order valence-electron chi connectivity index (χ3n) is 2.66. The highest BCUT2D eigenvalue weighted by Gasteiger charge is 2.08. The van der Waals surface area contributed by atoms with Gasteiger partial charge in [-0.15, -0.1) is 0 Å². The van der Waals surface area contributed by atoms with Gasteiger partial charge in [0.2, 0.25) is 0 Å². The SMILES string of the molecule is Oc1ccc(-c2nc3cc(Cl)c(Cl)cc3[nH]2)cc1. The number of aromatic nitrogens is 2. The number of nitrogens with one attached hydrogen (secondary N) is 1. The molecular weight excluding hydrogens is 271 g/mol. The number of aromatic hydroxyl groups is 1. The van der Waals surface area contributed by atoms with Gasteiger partial charge in [-0.2, -0.15) is 0 Å². The standard InChI is InChI=1S/C13H8Cl2N2O/c14-9-5-11-12(6-10(9)15)17-13(16-11)7-1-3-8(18)4-2-7/h1-6,18H,(H,16,17). The summed E-state index contributed by atoms with van der Waals surface area (Å²) in [6.07, 6.45) is 0. The monoisotopic (exact) mass is 278 g/mol. The van der Waals surface area contributed by atoms with Crippen molar-refractivity contribution in [3.05, 3.63) is 46.4 Å². The van der Waals surface area contributed by atoms with Crippen molar-refractivity contribution in [2.24, 2.45) is 0 Å². The molecule has 2 N–H and O–H groups in total. The Labute approximate surface area is 113 Å². The van der Waals surface area contributed by atoms with Crippen molar-refractivity contribution in [1.29, 1.82) is 0 Å². The third-order valence-corrected chi connectivity index (χ3v) is 3.39. The van der Waals surface area contributed by atoms with Gasteiger partial charge in [-0.1, -0.05) is 23.2 Å². The van der Waals surface area contributed by atoms with E-state index < -0.39 is 0 Å². The molecule has 0 spiro atoms. The Morgan fingerprint density at radius 1 is 1.00 bits per heavy atom. The smallest absolute Gasteiger partial charge is 0.138 e. The zero-order valence-corrected chi connectivity index (χ0v) is 10.6. The molecule has 0 unspecified atom stereocenters. The number of imidazole rings is 1. The number of benzene rings is 2. The summed E-state index contributed by atoms with van der Waals surface area (Å²) in [7, 11) is 0. The van der Waals surface area contributed by atoms with E-state index in [1.54, 1.807) is 36.4 Å².